The molecule has 1 saturated heterocycles. The van der Waals surface area contributed by atoms with Crippen LogP contribution in [0, 0.1) is 11.7 Å². The Bertz CT molecular complexity index is 545. The first-order valence-corrected chi connectivity index (χ1v) is 7.21. The second-order valence-corrected chi connectivity index (χ2v) is 5.94. The van der Waals surface area contributed by atoms with Crippen molar-refractivity contribution in [3.05, 3.63) is 35.6 Å². The lowest BCUT2D eigenvalue weighted by atomic mass is 10.1. The molecule has 2 rings (SSSR count). The van der Waals surface area contributed by atoms with Crippen LogP contribution in [-0.4, -0.2) is 40.7 Å². The van der Waals surface area contributed by atoms with Gasteiger partial charge >= 0.3 is 0 Å². The third kappa shape index (κ3) is 3.60. The zero-order valence-electron chi connectivity index (χ0n) is 12.7. The molecule has 1 fully saturated rings. The van der Waals surface area contributed by atoms with Gasteiger partial charge in [-0.1, -0.05) is 26.0 Å². The zero-order chi connectivity index (χ0) is 15.6. The summed E-state index contributed by atoms with van der Waals surface area (Å²) in [7, 11) is 0. The summed E-state index contributed by atoms with van der Waals surface area (Å²) in [6.45, 7) is 6.70. The molecular formula is C16H21FN2O2. The lowest BCUT2D eigenvalue weighted by Gasteiger charge is -2.39. The van der Waals surface area contributed by atoms with E-state index in [4.69, 9.17) is 0 Å². The summed E-state index contributed by atoms with van der Waals surface area (Å²) in [6, 6.07) is 5.66. The third-order valence-corrected chi connectivity index (χ3v) is 3.61. The van der Waals surface area contributed by atoms with Crippen LogP contribution in [0.15, 0.2) is 24.3 Å². The molecule has 1 atom stereocenters. The van der Waals surface area contributed by atoms with Gasteiger partial charge in [-0.2, -0.15) is 0 Å². The van der Waals surface area contributed by atoms with Crippen molar-refractivity contribution < 1.29 is 14.0 Å². The molecule has 21 heavy (non-hydrogen) atoms. The van der Waals surface area contributed by atoms with Crippen LogP contribution < -0.4 is 0 Å². The van der Waals surface area contributed by atoms with E-state index in [1.165, 1.54) is 17.0 Å². The average Bonchev–Trinajstić information content (AvgIpc) is 2.40. The first kappa shape index (κ1) is 15.5. The number of halogens is 1. The number of amides is 2. The average molecular weight is 292 g/mol. The topological polar surface area (TPSA) is 40.6 Å². The molecule has 4 nitrogen and oxygen atoms in total. The SMILES string of the molecule is CC(C)CN1C(=O)CN(Cc2cccc(F)c2)C(=O)[C@@H]1C. The molecule has 114 valence electrons. The van der Waals surface area contributed by atoms with Crippen molar-refractivity contribution in [1.29, 1.82) is 0 Å². The highest BCUT2D eigenvalue weighted by molar-refractivity contribution is 5.94. The van der Waals surface area contributed by atoms with E-state index in [2.05, 4.69) is 0 Å². The van der Waals surface area contributed by atoms with Gasteiger partial charge in [-0.15, -0.1) is 0 Å². The number of piperazine rings is 1. The number of carbonyl (C=O) groups is 2. The number of carbonyl (C=O) groups excluding carboxylic acids is 2. The molecule has 1 aliphatic heterocycles. The minimum absolute atomic E-state index is 0.0489. The number of hydrogen-bond acceptors (Lipinski definition) is 2. The van der Waals surface area contributed by atoms with Gasteiger partial charge < -0.3 is 9.80 Å². The molecule has 0 saturated carbocycles. The number of rotatable bonds is 4. The molecule has 5 heteroatoms. The zero-order valence-corrected chi connectivity index (χ0v) is 12.7. The van der Waals surface area contributed by atoms with Crippen LogP contribution in [0.1, 0.15) is 26.3 Å². The second kappa shape index (κ2) is 6.24. The predicted molar refractivity (Wildman–Crippen MR) is 77.8 cm³/mol. The van der Waals surface area contributed by atoms with Crippen LogP contribution in [0.25, 0.3) is 0 Å². The first-order valence-electron chi connectivity index (χ1n) is 7.21. The molecule has 1 aromatic carbocycles. The van der Waals surface area contributed by atoms with Crippen molar-refractivity contribution in [2.45, 2.75) is 33.4 Å². The predicted octanol–water partition coefficient (Wildman–Crippen LogP) is 2.04. The lowest BCUT2D eigenvalue weighted by Crippen LogP contribution is -2.59. The van der Waals surface area contributed by atoms with Crippen molar-refractivity contribution >= 4 is 11.8 Å². The number of hydrogen-bond donors (Lipinski definition) is 0. The van der Waals surface area contributed by atoms with Crippen molar-refractivity contribution in [2.75, 3.05) is 13.1 Å². The van der Waals surface area contributed by atoms with E-state index in [1.807, 2.05) is 13.8 Å². The summed E-state index contributed by atoms with van der Waals surface area (Å²) in [5.41, 5.74) is 0.695. The van der Waals surface area contributed by atoms with Gasteiger partial charge in [-0.25, -0.2) is 4.39 Å². The normalized spacial score (nSPS) is 19.6. The molecule has 0 bridgehead atoms. The molecule has 0 N–H and O–H groups in total. The maximum atomic E-state index is 13.2. The van der Waals surface area contributed by atoms with Gasteiger partial charge in [0.2, 0.25) is 11.8 Å². The summed E-state index contributed by atoms with van der Waals surface area (Å²) in [4.78, 5) is 27.7. The van der Waals surface area contributed by atoms with Crippen LogP contribution >= 0.6 is 0 Å². The summed E-state index contributed by atoms with van der Waals surface area (Å²) in [6.07, 6.45) is 0. The van der Waals surface area contributed by atoms with E-state index in [-0.39, 0.29) is 30.7 Å². The van der Waals surface area contributed by atoms with Gasteiger partial charge in [-0.05, 0) is 30.5 Å². The monoisotopic (exact) mass is 292 g/mol. The molecule has 1 aliphatic rings. The largest absolute Gasteiger partial charge is 0.329 e. The van der Waals surface area contributed by atoms with Gasteiger partial charge in [0.05, 0.1) is 0 Å². The minimum Gasteiger partial charge on any atom is -0.329 e. The Kier molecular flexibility index (Phi) is 4.60. The first-order chi connectivity index (χ1) is 9.88. The Labute approximate surface area is 124 Å². The Morgan fingerprint density at radius 2 is 2.05 bits per heavy atom. The molecule has 0 aromatic heterocycles. The van der Waals surface area contributed by atoms with E-state index >= 15 is 0 Å². The number of benzene rings is 1. The van der Waals surface area contributed by atoms with Crippen LogP contribution in [0.4, 0.5) is 4.39 Å². The molecule has 0 radical (unpaired) electrons. The van der Waals surface area contributed by atoms with E-state index in [1.54, 1.807) is 24.0 Å². The van der Waals surface area contributed by atoms with Crippen molar-refractivity contribution in [3.63, 3.8) is 0 Å². The standard InChI is InChI=1S/C16H21FN2O2/c1-11(2)8-19-12(3)16(21)18(10-15(19)20)9-13-5-4-6-14(17)7-13/h4-7,11-12H,8-10H2,1-3H3/t12-/m0/s1. The third-order valence-electron chi connectivity index (χ3n) is 3.61. The van der Waals surface area contributed by atoms with E-state index in [0.29, 0.717) is 18.0 Å². The van der Waals surface area contributed by atoms with Crippen LogP contribution in [0.3, 0.4) is 0 Å². The maximum absolute atomic E-state index is 13.2. The molecule has 0 unspecified atom stereocenters. The fourth-order valence-corrected chi connectivity index (χ4v) is 2.59. The molecule has 1 aromatic rings. The maximum Gasteiger partial charge on any atom is 0.245 e. The van der Waals surface area contributed by atoms with Gasteiger partial charge in [0, 0.05) is 13.1 Å². The minimum atomic E-state index is -0.456. The summed E-state index contributed by atoms with van der Waals surface area (Å²) in [5.74, 6) is -0.150. The Hall–Kier alpha value is -1.91. The molecule has 1 heterocycles. The summed E-state index contributed by atoms with van der Waals surface area (Å²) < 4.78 is 13.2. The smallest absolute Gasteiger partial charge is 0.245 e. The number of nitrogens with zero attached hydrogens (tertiary/aromatic N) is 2. The van der Waals surface area contributed by atoms with E-state index in [9.17, 15) is 14.0 Å². The van der Waals surface area contributed by atoms with Gasteiger partial charge in [0.1, 0.15) is 18.4 Å². The Morgan fingerprint density at radius 3 is 2.67 bits per heavy atom. The van der Waals surface area contributed by atoms with Crippen molar-refractivity contribution in [1.82, 2.24) is 9.80 Å². The fourth-order valence-electron chi connectivity index (χ4n) is 2.59. The van der Waals surface area contributed by atoms with E-state index < -0.39 is 6.04 Å². The van der Waals surface area contributed by atoms with Crippen molar-refractivity contribution in [3.8, 4) is 0 Å². The Morgan fingerprint density at radius 1 is 1.33 bits per heavy atom. The highest BCUT2D eigenvalue weighted by Crippen LogP contribution is 2.17. The van der Waals surface area contributed by atoms with Gasteiger partial charge in [-0.3, -0.25) is 9.59 Å². The van der Waals surface area contributed by atoms with Crippen molar-refractivity contribution in [2.24, 2.45) is 5.92 Å². The molecule has 0 spiro atoms. The van der Waals surface area contributed by atoms with Crippen LogP contribution in [0.2, 0.25) is 0 Å². The van der Waals surface area contributed by atoms with Crippen LogP contribution in [-0.2, 0) is 16.1 Å². The molecular weight excluding hydrogens is 271 g/mol. The van der Waals surface area contributed by atoms with Gasteiger partial charge in [0.25, 0.3) is 0 Å². The highest BCUT2D eigenvalue weighted by atomic mass is 19.1. The molecule has 0 aliphatic carbocycles. The quantitative estimate of drug-likeness (QED) is 0.852. The fraction of sp³-hybridized carbons (Fsp3) is 0.500. The highest BCUT2D eigenvalue weighted by Gasteiger charge is 2.36. The second-order valence-electron chi connectivity index (χ2n) is 5.94. The lowest BCUT2D eigenvalue weighted by molar-refractivity contribution is -0.156. The Balaban J connectivity index is 2.10. The van der Waals surface area contributed by atoms with Gasteiger partial charge in [0.15, 0.2) is 0 Å². The summed E-state index contributed by atoms with van der Waals surface area (Å²) >= 11 is 0. The molecule has 2 amide bonds. The van der Waals surface area contributed by atoms with Crippen LogP contribution in [0.5, 0.6) is 0 Å². The van der Waals surface area contributed by atoms with E-state index in [0.717, 1.165) is 0 Å². The summed E-state index contributed by atoms with van der Waals surface area (Å²) in [5, 5.41) is 0.